The molecule has 0 saturated heterocycles. The van der Waals surface area contributed by atoms with Crippen LogP contribution in [0.5, 0.6) is 0 Å². The van der Waals surface area contributed by atoms with Gasteiger partial charge in [-0.2, -0.15) is 0 Å². The molecule has 0 aromatic heterocycles. The molecule has 66 valence electrons. The van der Waals surface area contributed by atoms with Crippen LogP contribution >= 0.6 is 0 Å². The van der Waals surface area contributed by atoms with E-state index in [1.165, 1.54) is 0 Å². The molecule has 0 unspecified atom stereocenters. The topological polar surface area (TPSA) is 49.3 Å². The average molecular weight is 160 g/mol. The third-order valence-electron chi connectivity index (χ3n) is 1.40. The van der Waals surface area contributed by atoms with Crippen molar-refractivity contribution in [3.63, 3.8) is 0 Å². The number of carboxylic acid groups (broad SMARTS) is 1. The lowest BCUT2D eigenvalue weighted by Crippen LogP contribution is -2.37. The molecule has 0 aromatic carbocycles. The first-order valence-electron chi connectivity index (χ1n) is 4.54. The maximum atomic E-state index is 10.6. The van der Waals surface area contributed by atoms with Crippen molar-refractivity contribution in [1.82, 2.24) is 5.32 Å². The van der Waals surface area contributed by atoms with E-state index in [0.29, 0.717) is 18.9 Å². The minimum Gasteiger partial charge on any atom is -0.480 e. The Bertz CT molecular complexity index is 139. The molecule has 2 N–H and O–H groups in total. The molecule has 0 aliphatic carbocycles. The summed E-state index contributed by atoms with van der Waals surface area (Å²) in [4.78, 5) is 10.6. The summed E-state index contributed by atoms with van der Waals surface area (Å²) >= 11 is 0. The Morgan fingerprint density at radius 1 is 1.73 bits per heavy atom. The van der Waals surface area contributed by atoms with Crippen LogP contribution in [0.1, 0.15) is 28.5 Å². The number of aliphatic carboxylic acids is 1. The number of rotatable bonds is 5. The van der Waals surface area contributed by atoms with Gasteiger partial charge in [0.25, 0.3) is 0 Å². The monoisotopic (exact) mass is 160 g/mol. The average Bonchev–Trinajstić information content (AvgIpc) is 1.96. The van der Waals surface area contributed by atoms with Crippen molar-refractivity contribution in [2.24, 2.45) is 5.92 Å². The number of hydrogen-bond donors (Lipinski definition) is 2. The molecule has 0 rings (SSSR count). The van der Waals surface area contributed by atoms with E-state index in [0.717, 1.165) is 0 Å². The summed E-state index contributed by atoms with van der Waals surface area (Å²) < 4.78 is 6.86. The van der Waals surface area contributed by atoms with Crippen molar-refractivity contribution in [3.05, 3.63) is 0 Å². The maximum absolute atomic E-state index is 10.6. The van der Waals surface area contributed by atoms with Crippen LogP contribution in [-0.2, 0) is 4.79 Å². The lowest BCUT2D eigenvalue weighted by Gasteiger charge is -2.14. The van der Waals surface area contributed by atoms with E-state index in [1.807, 2.05) is 13.8 Å². The third kappa shape index (κ3) is 4.79. The highest BCUT2D eigenvalue weighted by Gasteiger charge is 2.16. The molecule has 0 radical (unpaired) electrons. The van der Waals surface area contributed by atoms with Gasteiger partial charge in [-0.3, -0.25) is 4.79 Å². The van der Waals surface area contributed by atoms with Gasteiger partial charge in [-0.05, 0) is 18.9 Å². The first-order valence-corrected chi connectivity index (χ1v) is 3.83. The molecule has 0 bridgehead atoms. The number of likely N-dealkylation sites (N-methyl/N-ethyl adjacent to an activating group) is 1. The molecule has 0 aliphatic rings. The molecule has 11 heavy (non-hydrogen) atoms. The minimum atomic E-state index is -0.822. The van der Waals surface area contributed by atoms with Crippen molar-refractivity contribution in [1.29, 1.82) is 0 Å². The highest BCUT2D eigenvalue weighted by molar-refractivity contribution is 5.73. The number of nitrogens with one attached hydrogen (secondary N) is 1. The second-order valence-electron chi connectivity index (χ2n) is 2.97. The van der Waals surface area contributed by atoms with E-state index in [9.17, 15) is 4.79 Å². The Hall–Kier alpha value is -0.570. The van der Waals surface area contributed by atoms with E-state index in [-0.39, 0.29) is 6.90 Å². The first kappa shape index (κ1) is 8.53. The van der Waals surface area contributed by atoms with Crippen LogP contribution in [-0.4, -0.2) is 23.7 Å². The van der Waals surface area contributed by atoms with E-state index in [2.05, 4.69) is 5.32 Å². The molecular formula is C8H17NO2. The second-order valence-corrected chi connectivity index (χ2v) is 2.97. The van der Waals surface area contributed by atoms with Gasteiger partial charge in [-0.15, -0.1) is 0 Å². The quantitative estimate of drug-likeness (QED) is 0.633. The predicted octanol–water partition coefficient (Wildman–Crippen LogP) is 1.10. The van der Waals surface area contributed by atoms with Crippen LogP contribution < -0.4 is 5.32 Å². The predicted molar refractivity (Wildman–Crippen MR) is 44.6 cm³/mol. The molecule has 3 heteroatoms. The van der Waals surface area contributed by atoms with Crippen molar-refractivity contribution >= 4 is 5.97 Å². The molecule has 3 nitrogen and oxygen atoms in total. The molecule has 0 heterocycles. The van der Waals surface area contributed by atoms with Gasteiger partial charge in [0.05, 0.1) is 0 Å². The van der Waals surface area contributed by atoms with E-state index >= 15 is 0 Å². The van der Waals surface area contributed by atoms with Crippen LogP contribution in [0.25, 0.3) is 0 Å². The normalized spacial score (nSPS) is 14.6. The van der Waals surface area contributed by atoms with Crippen molar-refractivity contribution < 1.29 is 11.3 Å². The number of carboxylic acids is 1. The SMILES string of the molecule is [2H]CCN[C@@H](CC(C)C)C(=O)O. The van der Waals surface area contributed by atoms with Crippen molar-refractivity contribution in [2.45, 2.75) is 33.2 Å². The molecular weight excluding hydrogens is 142 g/mol. The summed E-state index contributed by atoms with van der Waals surface area (Å²) in [5.41, 5.74) is 0. The van der Waals surface area contributed by atoms with Gasteiger partial charge in [0.2, 0.25) is 0 Å². The molecule has 0 aromatic rings. The molecule has 1 atom stereocenters. The molecule has 0 aliphatic heterocycles. The van der Waals surface area contributed by atoms with Gasteiger partial charge < -0.3 is 10.4 Å². The fourth-order valence-electron chi connectivity index (χ4n) is 0.917. The highest BCUT2D eigenvalue weighted by Crippen LogP contribution is 2.04. The van der Waals surface area contributed by atoms with Crippen molar-refractivity contribution in [3.8, 4) is 0 Å². The van der Waals surface area contributed by atoms with Gasteiger partial charge in [0, 0.05) is 1.37 Å². The zero-order chi connectivity index (χ0) is 9.56. The summed E-state index contributed by atoms with van der Waals surface area (Å²) in [7, 11) is 0. The van der Waals surface area contributed by atoms with E-state index in [1.54, 1.807) is 0 Å². The Kier molecular flexibility index (Phi) is 3.98. The minimum absolute atomic E-state index is 0.224. The van der Waals surface area contributed by atoms with Crippen LogP contribution in [0, 0.1) is 5.92 Å². The summed E-state index contributed by atoms with van der Waals surface area (Å²) in [5, 5.41) is 11.5. The lowest BCUT2D eigenvalue weighted by molar-refractivity contribution is -0.139. The molecule has 0 amide bonds. The van der Waals surface area contributed by atoms with E-state index < -0.39 is 12.0 Å². The van der Waals surface area contributed by atoms with Crippen LogP contribution in [0.2, 0.25) is 0 Å². The van der Waals surface area contributed by atoms with E-state index in [4.69, 9.17) is 6.48 Å². The van der Waals surface area contributed by atoms with Crippen molar-refractivity contribution in [2.75, 3.05) is 6.54 Å². The highest BCUT2D eigenvalue weighted by atomic mass is 16.4. The fourth-order valence-corrected chi connectivity index (χ4v) is 0.917. The number of carbonyl (C=O) groups is 1. The zero-order valence-electron chi connectivity index (χ0n) is 8.13. The zero-order valence-corrected chi connectivity index (χ0v) is 7.13. The Balaban J connectivity index is 3.78. The summed E-state index contributed by atoms with van der Waals surface area (Å²) in [6.45, 7) is 4.64. The second kappa shape index (κ2) is 5.13. The largest absolute Gasteiger partial charge is 0.480 e. The summed E-state index contributed by atoms with van der Waals surface area (Å²) in [6, 6.07) is -0.490. The van der Waals surface area contributed by atoms with Crippen LogP contribution in [0.4, 0.5) is 0 Å². The smallest absolute Gasteiger partial charge is 0.320 e. The standard InChI is InChI=1S/C8H17NO2/c1-4-9-7(8(10)11)5-6(2)3/h6-7,9H,4-5H2,1-3H3,(H,10,11)/t7-/m0/s1/i1D. The molecule has 0 spiro atoms. The third-order valence-corrected chi connectivity index (χ3v) is 1.40. The first-order chi connectivity index (χ1) is 5.57. The van der Waals surface area contributed by atoms with Gasteiger partial charge in [0.1, 0.15) is 6.04 Å². The Morgan fingerprint density at radius 3 is 2.73 bits per heavy atom. The van der Waals surface area contributed by atoms with Gasteiger partial charge in [-0.25, -0.2) is 0 Å². The number of hydrogen-bond acceptors (Lipinski definition) is 2. The summed E-state index contributed by atoms with van der Waals surface area (Å²) in [6.07, 6.45) is 0.620. The summed E-state index contributed by atoms with van der Waals surface area (Å²) in [5.74, 6) is -0.457. The molecule has 0 saturated carbocycles. The Labute approximate surface area is 69.2 Å². The fraction of sp³-hybridized carbons (Fsp3) is 0.875. The Morgan fingerprint density at radius 2 is 2.36 bits per heavy atom. The van der Waals surface area contributed by atoms with Gasteiger partial charge >= 0.3 is 5.97 Å². The lowest BCUT2D eigenvalue weighted by atomic mass is 10.0. The maximum Gasteiger partial charge on any atom is 0.320 e. The van der Waals surface area contributed by atoms with Crippen LogP contribution in [0.3, 0.4) is 0 Å². The van der Waals surface area contributed by atoms with Crippen LogP contribution in [0.15, 0.2) is 0 Å². The van der Waals surface area contributed by atoms with Gasteiger partial charge in [-0.1, -0.05) is 20.7 Å². The van der Waals surface area contributed by atoms with Gasteiger partial charge in [0.15, 0.2) is 0 Å². The molecule has 0 fully saturated rings.